The van der Waals surface area contributed by atoms with Crippen molar-refractivity contribution in [1.29, 1.82) is 0 Å². The second kappa shape index (κ2) is 8.45. The standard InChI is InChI=1S/C21H24N4O/c1-17(26)23-20-10-6-9-19(13-20)14-24(2)16-21-22-11-12-25(21)15-18-7-4-3-5-8-18/h3-13H,14-16H2,1-2H3,(H,23,26). The zero-order chi connectivity index (χ0) is 18.4. The molecule has 0 aliphatic heterocycles. The predicted molar refractivity (Wildman–Crippen MR) is 104 cm³/mol. The molecular weight excluding hydrogens is 324 g/mol. The Morgan fingerprint density at radius 2 is 1.85 bits per heavy atom. The fourth-order valence-electron chi connectivity index (χ4n) is 2.98. The first-order valence-corrected chi connectivity index (χ1v) is 8.69. The molecule has 0 saturated carbocycles. The molecule has 0 unspecified atom stereocenters. The van der Waals surface area contributed by atoms with Crippen molar-refractivity contribution in [2.75, 3.05) is 12.4 Å². The summed E-state index contributed by atoms with van der Waals surface area (Å²) in [4.78, 5) is 17.9. The van der Waals surface area contributed by atoms with E-state index in [-0.39, 0.29) is 5.91 Å². The average molecular weight is 348 g/mol. The number of amides is 1. The number of anilines is 1. The van der Waals surface area contributed by atoms with Gasteiger partial charge in [-0.1, -0.05) is 42.5 Å². The molecule has 0 bridgehead atoms. The molecule has 3 rings (SSSR count). The lowest BCUT2D eigenvalue weighted by Gasteiger charge is -2.18. The normalized spacial score (nSPS) is 10.9. The summed E-state index contributed by atoms with van der Waals surface area (Å²) in [5.41, 5.74) is 3.24. The summed E-state index contributed by atoms with van der Waals surface area (Å²) < 4.78 is 2.18. The molecule has 0 saturated heterocycles. The zero-order valence-electron chi connectivity index (χ0n) is 15.2. The Morgan fingerprint density at radius 3 is 2.62 bits per heavy atom. The molecule has 1 N–H and O–H groups in total. The number of aromatic nitrogens is 2. The van der Waals surface area contributed by atoms with Gasteiger partial charge in [-0.15, -0.1) is 0 Å². The van der Waals surface area contributed by atoms with E-state index in [4.69, 9.17) is 0 Å². The third kappa shape index (κ3) is 5.04. The summed E-state index contributed by atoms with van der Waals surface area (Å²) in [5, 5.41) is 2.83. The number of hydrogen-bond donors (Lipinski definition) is 1. The monoisotopic (exact) mass is 348 g/mol. The van der Waals surface area contributed by atoms with Gasteiger partial charge in [-0.05, 0) is 30.3 Å². The summed E-state index contributed by atoms with van der Waals surface area (Å²) in [5.74, 6) is 0.979. The molecule has 2 aromatic carbocycles. The van der Waals surface area contributed by atoms with Crippen LogP contribution in [0, 0.1) is 0 Å². The summed E-state index contributed by atoms with van der Waals surface area (Å²) in [6, 6.07) is 18.3. The van der Waals surface area contributed by atoms with Crippen LogP contribution in [-0.4, -0.2) is 27.4 Å². The number of carbonyl (C=O) groups excluding carboxylic acids is 1. The number of imidazole rings is 1. The van der Waals surface area contributed by atoms with Crippen LogP contribution in [0.1, 0.15) is 23.9 Å². The van der Waals surface area contributed by atoms with Crippen molar-refractivity contribution < 1.29 is 4.79 Å². The summed E-state index contributed by atoms with van der Waals surface area (Å²) in [6.07, 6.45) is 3.87. The first-order valence-electron chi connectivity index (χ1n) is 8.69. The molecule has 1 aromatic heterocycles. The first kappa shape index (κ1) is 17.9. The van der Waals surface area contributed by atoms with Crippen LogP contribution in [0.3, 0.4) is 0 Å². The summed E-state index contributed by atoms with van der Waals surface area (Å²) >= 11 is 0. The highest BCUT2D eigenvalue weighted by Gasteiger charge is 2.08. The van der Waals surface area contributed by atoms with Crippen LogP contribution in [0.25, 0.3) is 0 Å². The van der Waals surface area contributed by atoms with E-state index in [1.807, 2.05) is 36.7 Å². The predicted octanol–water partition coefficient (Wildman–Crippen LogP) is 3.52. The van der Waals surface area contributed by atoms with Gasteiger partial charge in [0.05, 0.1) is 6.54 Å². The van der Waals surface area contributed by atoms with E-state index in [0.29, 0.717) is 0 Å². The van der Waals surface area contributed by atoms with Crippen LogP contribution in [0.5, 0.6) is 0 Å². The van der Waals surface area contributed by atoms with E-state index in [2.05, 4.69) is 57.1 Å². The van der Waals surface area contributed by atoms with Gasteiger partial charge in [-0.25, -0.2) is 4.98 Å². The lowest BCUT2D eigenvalue weighted by Crippen LogP contribution is -2.20. The summed E-state index contributed by atoms with van der Waals surface area (Å²) in [7, 11) is 2.08. The molecule has 0 radical (unpaired) electrons. The third-order valence-corrected chi connectivity index (χ3v) is 4.11. The van der Waals surface area contributed by atoms with Crippen molar-refractivity contribution in [2.24, 2.45) is 0 Å². The van der Waals surface area contributed by atoms with E-state index in [1.165, 1.54) is 12.5 Å². The Hall–Kier alpha value is -2.92. The van der Waals surface area contributed by atoms with Gasteiger partial charge in [0, 0.05) is 38.1 Å². The van der Waals surface area contributed by atoms with Gasteiger partial charge in [0.15, 0.2) is 0 Å². The van der Waals surface area contributed by atoms with Gasteiger partial charge in [0.2, 0.25) is 5.91 Å². The molecule has 5 heteroatoms. The van der Waals surface area contributed by atoms with Gasteiger partial charge in [0.25, 0.3) is 0 Å². The van der Waals surface area contributed by atoms with Crippen LogP contribution < -0.4 is 5.32 Å². The Bertz CT molecular complexity index is 857. The maximum atomic E-state index is 11.2. The van der Waals surface area contributed by atoms with Gasteiger partial charge in [-0.2, -0.15) is 0 Å². The quantitative estimate of drug-likeness (QED) is 0.711. The molecule has 0 aliphatic rings. The van der Waals surface area contributed by atoms with Gasteiger partial charge in [-0.3, -0.25) is 9.69 Å². The highest BCUT2D eigenvalue weighted by molar-refractivity contribution is 5.88. The fourth-order valence-corrected chi connectivity index (χ4v) is 2.98. The van der Waals surface area contributed by atoms with Crippen LogP contribution in [-0.2, 0) is 24.4 Å². The molecule has 0 atom stereocenters. The SMILES string of the molecule is CC(=O)Nc1cccc(CN(C)Cc2nccn2Cc2ccccc2)c1. The van der Waals surface area contributed by atoms with Crippen LogP contribution in [0.4, 0.5) is 5.69 Å². The van der Waals surface area contributed by atoms with Crippen molar-refractivity contribution in [3.8, 4) is 0 Å². The smallest absolute Gasteiger partial charge is 0.221 e. The highest BCUT2D eigenvalue weighted by Crippen LogP contribution is 2.14. The van der Waals surface area contributed by atoms with E-state index in [9.17, 15) is 4.79 Å². The zero-order valence-corrected chi connectivity index (χ0v) is 15.2. The molecule has 0 aliphatic carbocycles. The highest BCUT2D eigenvalue weighted by atomic mass is 16.1. The Morgan fingerprint density at radius 1 is 1.08 bits per heavy atom. The molecule has 3 aromatic rings. The molecule has 26 heavy (non-hydrogen) atoms. The van der Waals surface area contributed by atoms with E-state index in [0.717, 1.165) is 36.7 Å². The number of nitrogens with zero attached hydrogens (tertiary/aromatic N) is 3. The van der Waals surface area contributed by atoms with Gasteiger partial charge in [0.1, 0.15) is 5.82 Å². The molecule has 5 nitrogen and oxygen atoms in total. The maximum Gasteiger partial charge on any atom is 0.221 e. The Kier molecular flexibility index (Phi) is 5.81. The molecular formula is C21H24N4O. The van der Waals surface area contributed by atoms with Crippen molar-refractivity contribution in [3.63, 3.8) is 0 Å². The molecule has 0 fully saturated rings. The minimum Gasteiger partial charge on any atom is -0.329 e. The van der Waals surface area contributed by atoms with E-state index < -0.39 is 0 Å². The third-order valence-electron chi connectivity index (χ3n) is 4.11. The van der Waals surface area contributed by atoms with E-state index >= 15 is 0 Å². The molecule has 134 valence electrons. The van der Waals surface area contributed by atoms with Crippen molar-refractivity contribution >= 4 is 11.6 Å². The lowest BCUT2D eigenvalue weighted by atomic mass is 10.2. The van der Waals surface area contributed by atoms with Crippen LogP contribution in [0.2, 0.25) is 0 Å². The number of nitrogens with one attached hydrogen (secondary N) is 1. The second-order valence-electron chi connectivity index (χ2n) is 6.51. The average Bonchev–Trinajstić information content (AvgIpc) is 3.02. The molecule has 0 spiro atoms. The largest absolute Gasteiger partial charge is 0.329 e. The second-order valence-corrected chi connectivity index (χ2v) is 6.51. The number of hydrogen-bond acceptors (Lipinski definition) is 3. The minimum absolute atomic E-state index is 0.0570. The van der Waals surface area contributed by atoms with E-state index in [1.54, 1.807) is 0 Å². The number of rotatable bonds is 7. The number of carbonyl (C=O) groups is 1. The lowest BCUT2D eigenvalue weighted by molar-refractivity contribution is -0.114. The first-order chi connectivity index (χ1) is 12.6. The van der Waals surface area contributed by atoms with Crippen molar-refractivity contribution in [3.05, 3.63) is 83.9 Å². The topological polar surface area (TPSA) is 50.2 Å². The summed E-state index contributed by atoms with van der Waals surface area (Å²) in [6.45, 7) is 3.88. The van der Waals surface area contributed by atoms with Gasteiger partial charge >= 0.3 is 0 Å². The van der Waals surface area contributed by atoms with Gasteiger partial charge < -0.3 is 9.88 Å². The van der Waals surface area contributed by atoms with Crippen LogP contribution >= 0.6 is 0 Å². The van der Waals surface area contributed by atoms with Crippen molar-refractivity contribution in [2.45, 2.75) is 26.6 Å². The fraction of sp³-hybridized carbons (Fsp3) is 0.238. The Balaban J connectivity index is 1.63. The number of benzene rings is 2. The molecule has 1 heterocycles. The van der Waals surface area contributed by atoms with Crippen molar-refractivity contribution in [1.82, 2.24) is 14.5 Å². The minimum atomic E-state index is -0.0570. The Labute approximate surface area is 154 Å². The molecule has 1 amide bonds. The van der Waals surface area contributed by atoms with Crippen LogP contribution in [0.15, 0.2) is 67.0 Å². The maximum absolute atomic E-state index is 11.2.